The summed E-state index contributed by atoms with van der Waals surface area (Å²) in [6.07, 6.45) is 0.678. The number of benzene rings is 2. The maximum absolute atomic E-state index is 12.5. The van der Waals surface area contributed by atoms with Crippen molar-refractivity contribution in [2.24, 2.45) is 0 Å². The number of fused-ring (bicyclic) bond motifs is 1. The Hall–Kier alpha value is -2.51. The van der Waals surface area contributed by atoms with E-state index in [1.807, 2.05) is 24.3 Å². The van der Waals surface area contributed by atoms with Crippen LogP contribution in [0.4, 0.5) is 0 Å². The van der Waals surface area contributed by atoms with Crippen LogP contribution in [-0.2, 0) is 24.3 Å². The standard InChI is InChI=1S/C21H21BrN4O2/c1-14-2-4-15(5-3-14)10-11-23-21(27)20-18-13-28-19(12-26(18)25-24-20)16-6-8-17(22)9-7-16/h2-9,19H,10-13H2,1H3,(H,23,27)/t19-/m1/s1. The molecule has 0 saturated heterocycles. The minimum atomic E-state index is -0.209. The lowest BCUT2D eigenvalue weighted by Gasteiger charge is -2.24. The van der Waals surface area contributed by atoms with Gasteiger partial charge in [-0.2, -0.15) is 0 Å². The number of hydrogen-bond acceptors (Lipinski definition) is 4. The maximum atomic E-state index is 12.5. The van der Waals surface area contributed by atoms with Gasteiger partial charge in [-0.05, 0) is 36.6 Å². The molecule has 0 aliphatic carbocycles. The fourth-order valence-electron chi connectivity index (χ4n) is 3.23. The highest BCUT2D eigenvalue weighted by Gasteiger charge is 2.27. The van der Waals surface area contributed by atoms with Gasteiger partial charge in [0.2, 0.25) is 0 Å². The first-order valence-corrected chi connectivity index (χ1v) is 10.0. The first kappa shape index (κ1) is 18.8. The summed E-state index contributed by atoms with van der Waals surface area (Å²) in [7, 11) is 0. The fourth-order valence-corrected chi connectivity index (χ4v) is 3.49. The second kappa shape index (κ2) is 8.24. The Morgan fingerprint density at radius 2 is 1.96 bits per heavy atom. The minimum Gasteiger partial charge on any atom is -0.365 e. The average Bonchev–Trinajstić information content (AvgIpc) is 3.13. The number of amides is 1. The predicted octanol–water partition coefficient (Wildman–Crippen LogP) is 3.59. The van der Waals surface area contributed by atoms with Crippen LogP contribution in [0.5, 0.6) is 0 Å². The van der Waals surface area contributed by atoms with Crippen LogP contribution in [0, 0.1) is 6.92 Å². The fraction of sp³-hybridized carbons (Fsp3) is 0.286. The van der Waals surface area contributed by atoms with Gasteiger partial charge in [-0.25, -0.2) is 4.68 Å². The van der Waals surface area contributed by atoms with Gasteiger partial charge < -0.3 is 10.1 Å². The van der Waals surface area contributed by atoms with Gasteiger partial charge in [-0.3, -0.25) is 4.79 Å². The lowest BCUT2D eigenvalue weighted by Crippen LogP contribution is -2.29. The highest BCUT2D eigenvalue weighted by molar-refractivity contribution is 9.10. The van der Waals surface area contributed by atoms with E-state index in [2.05, 4.69) is 62.7 Å². The van der Waals surface area contributed by atoms with E-state index in [1.54, 1.807) is 4.68 Å². The van der Waals surface area contributed by atoms with Crippen LogP contribution in [0.1, 0.15) is 39.0 Å². The highest BCUT2D eigenvalue weighted by atomic mass is 79.9. The maximum Gasteiger partial charge on any atom is 0.273 e. The third-order valence-corrected chi connectivity index (χ3v) is 5.40. The number of halogens is 1. The molecule has 0 fully saturated rings. The van der Waals surface area contributed by atoms with E-state index in [9.17, 15) is 4.79 Å². The Kier molecular flexibility index (Phi) is 5.54. The van der Waals surface area contributed by atoms with Gasteiger partial charge >= 0.3 is 0 Å². The van der Waals surface area contributed by atoms with Gasteiger partial charge in [0, 0.05) is 11.0 Å². The minimum absolute atomic E-state index is 0.0975. The smallest absolute Gasteiger partial charge is 0.273 e. The zero-order valence-electron chi connectivity index (χ0n) is 15.6. The molecule has 1 atom stereocenters. The first-order chi connectivity index (χ1) is 13.6. The van der Waals surface area contributed by atoms with Crippen LogP contribution in [0.15, 0.2) is 53.0 Å². The largest absolute Gasteiger partial charge is 0.365 e. The molecule has 7 heteroatoms. The van der Waals surface area contributed by atoms with Crippen molar-refractivity contribution in [1.29, 1.82) is 0 Å². The molecule has 6 nitrogen and oxygen atoms in total. The number of rotatable bonds is 5. The van der Waals surface area contributed by atoms with E-state index < -0.39 is 0 Å². The van der Waals surface area contributed by atoms with Crippen LogP contribution < -0.4 is 5.32 Å². The van der Waals surface area contributed by atoms with Crippen molar-refractivity contribution >= 4 is 21.8 Å². The molecule has 0 bridgehead atoms. The number of nitrogens with one attached hydrogen (secondary N) is 1. The first-order valence-electron chi connectivity index (χ1n) is 9.23. The lowest BCUT2D eigenvalue weighted by atomic mass is 10.1. The number of hydrogen-bond donors (Lipinski definition) is 1. The van der Waals surface area contributed by atoms with Gasteiger partial charge in [-0.15, -0.1) is 5.10 Å². The molecular weight excluding hydrogens is 420 g/mol. The quantitative estimate of drug-likeness (QED) is 0.657. The Bertz CT molecular complexity index is 967. The van der Waals surface area contributed by atoms with Crippen LogP contribution in [0.25, 0.3) is 0 Å². The van der Waals surface area contributed by atoms with Crippen molar-refractivity contribution in [3.63, 3.8) is 0 Å². The molecule has 1 aromatic heterocycles. The summed E-state index contributed by atoms with van der Waals surface area (Å²) in [4.78, 5) is 12.5. The van der Waals surface area contributed by atoms with Gasteiger partial charge in [0.1, 0.15) is 6.10 Å². The summed E-state index contributed by atoms with van der Waals surface area (Å²) in [5.41, 5.74) is 4.56. The summed E-state index contributed by atoms with van der Waals surface area (Å²) in [5, 5.41) is 11.2. The molecule has 1 N–H and O–H groups in total. The molecule has 28 heavy (non-hydrogen) atoms. The molecule has 2 aromatic carbocycles. The number of aromatic nitrogens is 3. The summed E-state index contributed by atoms with van der Waals surface area (Å²) < 4.78 is 8.76. The third-order valence-electron chi connectivity index (χ3n) is 4.87. The lowest BCUT2D eigenvalue weighted by molar-refractivity contribution is -0.00177. The van der Waals surface area contributed by atoms with E-state index in [-0.39, 0.29) is 12.0 Å². The van der Waals surface area contributed by atoms with E-state index in [4.69, 9.17) is 4.74 Å². The number of carbonyl (C=O) groups excluding carboxylic acids is 1. The molecule has 144 valence electrons. The molecule has 0 saturated carbocycles. The van der Waals surface area contributed by atoms with Crippen molar-refractivity contribution in [3.05, 3.63) is 81.1 Å². The number of nitrogens with zero attached hydrogens (tertiary/aromatic N) is 3. The van der Waals surface area contributed by atoms with Crippen molar-refractivity contribution in [3.8, 4) is 0 Å². The molecule has 2 heterocycles. The Morgan fingerprint density at radius 3 is 2.71 bits per heavy atom. The van der Waals surface area contributed by atoms with Crippen molar-refractivity contribution in [2.75, 3.05) is 6.54 Å². The van der Waals surface area contributed by atoms with Crippen molar-refractivity contribution in [2.45, 2.75) is 32.6 Å². The second-order valence-electron chi connectivity index (χ2n) is 6.91. The average molecular weight is 441 g/mol. The zero-order chi connectivity index (χ0) is 19.5. The molecular formula is C21H21BrN4O2. The Morgan fingerprint density at radius 1 is 1.21 bits per heavy atom. The van der Waals surface area contributed by atoms with E-state index >= 15 is 0 Å². The van der Waals surface area contributed by atoms with Gasteiger partial charge in [0.15, 0.2) is 5.69 Å². The molecule has 0 unspecified atom stereocenters. The molecule has 3 aromatic rings. The molecule has 4 rings (SSSR count). The Labute approximate surface area is 172 Å². The Balaban J connectivity index is 1.37. The summed E-state index contributed by atoms with van der Waals surface area (Å²) in [6.45, 7) is 3.47. The molecule has 1 aliphatic rings. The summed E-state index contributed by atoms with van der Waals surface area (Å²) in [6, 6.07) is 16.3. The topological polar surface area (TPSA) is 69.0 Å². The summed E-state index contributed by atoms with van der Waals surface area (Å²) in [5.74, 6) is -0.209. The number of ether oxygens (including phenoxy) is 1. The van der Waals surface area contributed by atoms with Crippen LogP contribution in [-0.4, -0.2) is 27.4 Å². The molecule has 1 amide bonds. The van der Waals surface area contributed by atoms with Crippen molar-refractivity contribution in [1.82, 2.24) is 20.3 Å². The third kappa shape index (κ3) is 4.15. The molecule has 0 radical (unpaired) electrons. The second-order valence-corrected chi connectivity index (χ2v) is 7.83. The van der Waals surface area contributed by atoms with Crippen LogP contribution >= 0.6 is 15.9 Å². The number of aryl methyl sites for hydroxylation is 1. The van der Waals surface area contributed by atoms with Gasteiger partial charge in [0.25, 0.3) is 5.91 Å². The SMILES string of the molecule is Cc1ccc(CCNC(=O)c2nnn3c2CO[C@@H](c2ccc(Br)cc2)C3)cc1. The van der Waals surface area contributed by atoms with Gasteiger partial charge in [0.05, 0.1) is 18.8 Å². The van der Waals surface area contributed by atoms with Gasteiger partial charge in [-0.1, -0.05) is 63.1 Å². The molecule has 0 spiro atoms. The number of carbonyl (C=O) groups is 1. The van der Waals surface area contributed by atoms with Crippen LogP contribution in [0.2, 0.25) is 0 Å². The van der Waals surface area contributed by atoms with Crippen LogP contribution in [0.3, 0.4) is 0 Å². The zero-order valence-corrected chi connectivity index (χ0v) is 17.1. The highest BCUT2D eigenvalue weighted by Crippen LogP contribution is 2.27. The monoisotopic (exact) mass is 440 g/mol. The molecule has 1 aliphatic heterocycles. The van der Waals surface area contributed by atoms with E-state index in [1.165, 1.54) is 11.1 Å². The summed E-state index contributed by atoms with van der Waals surface area (Å²) >= 11 is 3.44. The predicted molar refractivity (Wildman–Crippen MR) is 109 cm³/mol. The van der Waals surface area contributed by atoms with E-state index in [0.717, 1.165) is 22.2 Å². The van der Waals surface area contributed by atoms with Crippen molar-refractivity contribution < 1.29 is 9.53 Å². The normalized spacial score (nSPS) is 15.9. The van der Waals surface area contributed by atoms with E-state index in [0.29, 0.717) is 25.4 Å².